The molecule has 2 saturated carbocycles. The van der Waals surface area contributed by atoms with Crippen LogP contribution in [-0.2, 0) is 17.6 Å². The number of aliphatic hydroxyl groups is 2. The average molecular weight is 587 g/mol. The summed E-state index contributed by atoms with van der Waals surface area (Å²) in [6, 6.07) is 3.26. The van der Waals surface area contributed by atoms with E-state index in [-0.39, 0.29) is 11.8 Å². The molecule has 0 spiro atoms. The molecule has 4 heterocycles. The van der Waals surface area contributed by atoms with Crippen molar-refractivity contribution in [1.29, 1.82) is 0 Å². The Bertz CT molecular complexity index is 1480. The van der Waals surface area contributed by atoms with Gasteiger partial charge in [-0.2, -0.15) is 0 Å². The maximum atomic E-state index is 14.3. The highest BCUT2D eigenvalue weighted by Crippen LogP contribution is 2.36. The van der Waals surface area contributed by atoms with Crippen LogP contribution in [0.4, 0.5) is 0 Å². The smallest absolute Gasteiger partial charge is 0.231 e. The Kier molecular flexibility index (Phi) is 9.08. The number of pyridine rings is 1. The molecule has 11 nitrogen and oxygen atoms in total. The van der Waals surface area contributed by atoms with E-state index in [4.69, 9.17) is 4.98 Å². The third kappa shape index (κ3) is 6.78. The van der Waals surface area contributed by atoms with Crippen molar-refractivity contribution in [1.82, 2.24) is 39.9 Å². The molecule has 2 aliphatic rings. The van der Waals surface area contributed by atoms with Crippen molar-refractivity contribution in [2.24, 2.45) is 11.8 Å². The molecule has 4 aromatic rings. The monoisotopic (exact) mass is 586 g/mol. The first kappa shape index (κ1) is 29.4. The first-order valence-electron chi connectivity index (χ1n) is 15.8. The normalized spacial score (nSPS) is 18.8. The van der Waals surface area contributed by atoms with E-state index in [0.29, 0.717) is 36.7 Å². The van der Waals surface area contributed by atoms with Crippen LogP contribution in [0.15, 0.2) is 43.2 Å². The van der Waals surface area contributed by atoms with Crippen molar-refractivity contribution in [3.05, 3.63) is 60.5 Å². The highest BCUT2D eigenvalue weighted by molar-refractivity contribution is 5.83. The first-order chi connectivity index (χ1) is 21.0. The van der Waals surface area contributed by atoms with Gasteiger partial charge < -0.3 is 20.5 Å². The predicted molar refractivity (Wildman–Crippen MR) is 161 cm³/mol. The number of aliphatic hydroxyl groups excluding tert-OH is 2. The van der Waals surface area contributed by atoms with E-state index in [1.807, 2.05) is 22.7 Å². The van der Waals surface area contributed by atoms with Crippen molar-refractivity contribution >= 4 is 11.6 Å². The third-order valence-electron chi connectivity index (χ3n) is 9.05. The molecule has 2 aliphatic carbocycles. The molecule has 0 bridgehead atoms. The molecular weight excluding hydrogens is 544 g/mol. The number of imidazole rings is 1. The van der Waals surface area contributed by atoms with Gasteiger partial charge >= 0.3 is 0 Å². The Morgan fingerprint density at radius 2 is 1.91 bits per heavy atom. The van der Waals surface area contributed by atoms with Gasteiger partial charge in [0.1, 0.15) is 17.8 Å². The van der Waals surface area contributed by atoms with Gasteiger partial charge in [-0.15, -0.1) is 10.2 Å². The lowest BCUT2D eigenvalue weighted by Gasteiger charge is -2.33. The number of carbonyl (C=O) groups excluding carboxylic acids is 1. The fourth-order valence-electron chi connectivity index (χ4n) is 6.49. The van der Waals surface area contributed by atoms with Gasteiger partial charge in [-0.25, -0.2) is 9.97 Å². The molecule has 228 valence electrons. The van der Waals surface area contributed by atoms with Crippen LogP contribution in [-0.4, -0.2) is 68.9 Å². The molecule has 1 unspecified atom stereocenters. The number of rotatable bonds is 13. The first-order valence-corrected chi connectivity index (χ1v) is 15.8. The summed E-state index contributed by atoms with van der Waals surface area (Å²) in [5.41, 5.74) is 3.81. The highest BCUT2D eigenvalue weighted by atomic mass is 16.3. The molecule has 0 aliphatic heterocycles. The second kappa shape index (κ2) is 13.3. The Morgan fingerprint density at radius 1 is 1.12 bits per heavy atom. The number of aromatic nitrogens is 7. The predicted octanol–water partition coefficient (Wildman–Crippen LogP) is 3.78. The number of fused-ring (bicyclic) bond motifs is 1. The van der Waals surface area contributed by atoms with Gasteiger partial charge in [0.2, 0.25) is 5.91 Å². The lowest BCUT2D eigenvalue weighted by molar-refractivity contribution is -0.125. The van der Waals surface area contributed by atoms with E-state index in [1.165, 1.54) is 6.42 Å². The summed E-state index contributed by atoms with van der Waals surface area (Å²) >= 11 is 0. The number of nitrogens with one attached hydrogen (secondary N) is 2. The van der Waals surface area contributed by atoms with E-state index in [1.54, 1.807) is 24.9 Å². The van der Waals surface area contributed by atoms with Gasteiger partial charge in [0, 0.05) is 36.8 Å². The number of H-pyrrole nitrogens is 1. The second-order valence-electron chi connectivity index (χ2n) is 12.3. The molecule has 4 aromatic heterocycles. The number of aryl methyl sites for hydroxylation is 1. The van der Waals surface area contributed by atoms with Gasteiger partial charge in [0.05, 0.1) is 35.6 Å². The summed E-state index contributed by atoms with van der Waals surface area (Å²) in [5.74, 6) is -0.0141. The highest BCUT2D eigenvalue weighted by Gasteiger charge is 2.40. The largest absolute Gasteiger partial charge is 0.390 e. The van der Waals surface area contributed by atoms with Crippen LogP contribution in [0.5, 0.6) is 0 Å². The molecular formula is C32H42N8O3. The topological polar surface area (TPSA) is 154 Å². The Hall–Kier alpha value is -3.70. The maximum Gasteiger partial charge on any atom is 0.231 e. The van der Waals surface area contributed by atoms with Crippen LogP contribution in [0, 0.1) is 11.8 Å². The van der Waals surface area contributed by atoms with Crippen molar-refractivity contribution < 1.29 is 15.0 Å². The SMILES string of the molecule is CCCc1nc(-c2ccncc2)cn2c(C(Cc3c[nH]cn3)C(=O)N[C@@H](CC3CCCCC3)[C@@H](O)[C@@H](O)C3CC3)nnc12. The van der Waals surface area contributed by atoms with Crippen molar-refractivity contribution in [3.8, 4) is 11.3 Å². The van der Waals surface area contributed by atoms with Gasteiger partial charge in [0.15, 0.2) is 5.65 Å². The third-order valence-corrected chi connectivity index (χ3v) is 9.05. The number of aromatic amines is 1. The summed E-state index contributed by atoms with van der Waals surface area (Å²) in [5, 5.41) is 34.5. The summed E-state index contributed by atoms with van der Waals surface area (Å²) in [6.07, 6.45) is 16.9. The second-order valence-corrected chi connectivity index (χ2v) is 12.3. The Morgan fingerprint density at radius 3 is 2.60 bits per heavy atom. The number of amides is 1. The minimum atomic E-state index is -1.03. The Balaban J connectivity index is 1.36. The van der Waals surface area contributed by atoms with E-state index < -0.39 is 24.2 Å². The maximum absolute atomic E-state index is 14.3. The summed E-state index contributed by atoms with van der Waals surface area (Å²) < 4.78 is 1.89. The molecule has 4 atom stereocenters. The number of nitrogens with zero attached hydrogens (tertiary/aromatic N) is 6. The fraction of sp³-hybridized carbons (Fsp3) is 0.562. The molecule has 6 rings (SSSR count). The lowest BCUT2D eigenvalue weighted by atomic mass is 9.82. The van der Waals surface area contributed by atoms with Crippen LogP contribution >= 0.6 is 0 Å². The lowest BCUT2D eigenvalue weighted by Crippen LogP contribution is -2.51. The minimum absolute atomic E-state index is 0.0946. The fourth-order valence-corrected chi connectivity index (χ4v) is 6.49. The summed E-state index contributed by atoms with van der Waals surface area (Å²) in [6.45, 7) is 2.09. The summed E-state index contributed by atoms with van der Waals surface area (Å²) in [4.78, 5) is 30.7. The standard InChI is InChI=1S/C32H42N8O3/c1-2-6-25-31-39-38-30(40(31)18-27(36-25)21-11-13-33-14-12-21)24(16-23-17-34-19-35-23)32(43)37-26(15-20-7-4-3-5-8-20)29(42)28(41)22-9-10-22/h11-14,17-20,22,24,26,28-29,41-42H,2-10,15-16H2,1H3,(H,34,35)(H,37,43)/t24?,26-,28-,29+/m0/s1. The van der Waals surface area contributed by atoms with Crippen LogP contribution in [0.3, 0.4) is 0 Å². The molecule has 4 N–H and O–H groups in total. The zero-order chi connectivity index (χ0) is 29.8. The summed E-state index contributed by atoms with van der Waals surface area (Å²) in [7, 11) is 0. The van der Waals surface area contributed by atoms with Crippen LogP contribution in [0.25, 0.3) is 16.9 Å². The van der Waals surface area contributed by atoms with Crippen molar-refractivity contribution in [2.75, 3.05) is 0 Å². The molecule has 0 aromatic carbocycles. The Labute approximate surface area is 251 Å². The quantitative estimate of drug-likeness (QED) is 0.185. The number of hydrogen-bond acceptors (Lipinski definition) is 8. The van der Waals surface area contributed by atoms with Crippen LogP contribution < -0.4 is 5.32 Å². The number of carbonyl (C=O) groups is 1. The van der Waals surface area contributed by atoms with E-state index in [9.17, 15) is 15.0 Å². The van der Waals surface area contributed by atoms with Gasteiger partial charge in [-0.1, -0.05) is 45.4 Å². The molecule has 0 radical (unpaired) electrons. The van der Waals surface area contributed by atoms with Gasteiger partial charge in [-0.3, -0.25) is 14.2 Å². The zero-order valence-electron chi connectivity index (χ0n) is 24.8. The van der Waals surface area contributed by atoms with E-state index >= 15 is 0 Å². The van der Waals surface area contributed by atoms with Gasteiger partial charge in [-0.05, 0) is 49.7 Å². The van der Waals surface area contributed by atoms with Crippen LogP contribution in [0.1, 0.15) is 87.8 Å². The van der Waals surface area contributed by atoms with Crippen LogP contribution in [0.2, 0.25) is 0 Å². The molecule has 2 fully saturated rings. The van der Waals surface area contributed by atoms with Gasteiger partial charge in [0.25, 0.3) is 0 Å². The van der Waals surface area contributed by atoms with Crippen molar-refractivity contribution in [2.45, 2.75) is 102 Å². The minimum Gasteiger partial charge on any atom is -0.390 e. The van der Waals surface area contributed by atoms with E-state index in [2.05, 4.69) is 37.4 Å². The number of hydrogen-bond donors (Lipinski definition) is 4. The molecule has 0 saturated heterocycles. The average Bonchev–Trinajstić information content (AvgIpc) is 3.59. The van der Waals surface area contributed by atoms with Crippen molar-refractivity contribution in [3.63, 3.8) is 0 Å². The van der Waals surface area contributed by atoms with E-state index in [0.717, 1.165) is 67.6 Å². The molecule has 1 amide bonds. The molecule has 11 heteroatoms. The zero-order valence-corrected chi connectivity index (χ0v) is 24.8. The molecule has 43 heavy (non-hydrogen) atoms.